The van der Waals surface area contributed by atoms with Crippen molar-refractivity contribution in [1.29, 1.82) is 0 Å². The Hall–Kier alpha value is -3.67. The van der Waals surface area contributed by atoms with Gasteiger partial charge in [-0.1, -0.05) is 67.5 Å². The monoisotopic (exact) mass is 429 g/mol. The largest absolute Gasteiger partial charge is 0.493 e. The number of carbonyl (C=O) groups is 1. The molecule has 0 atom stereocenters. The van der Waals surface area contributed by atoms with E-state index in [-0.39, 0.29) is 11.8 Å². The summed E-state index contributed by atoms with van der Waals surface area (Å²) in [6, 6.07) is 19.8. The van der Waals surface area contributed by atoms with Gasteiger partial charge in [-0.25, -0.2) is 0 Å². The van der Waals surface area contributed by atoms with Crippen LogP contribution in [0.4, 0.5) is 5.69 Å². The van der Waals surface area contributed by atoms with Gasteiger partial charge in [0.15, 0.2) is 5.82 Å². The van der Waals surface area contributed by atoms with Gasteiger partial charge in [0.25, 0.3) is 5.89 Å². The number of rotatable bonds is 8. The fourth-order valence-electron chi connectivity index (χ4n) is 3.53. The molecular formula is C26H27N3O3. The topological polar surface area (TPSA) is 77.3 Å². The van der Waals surface area contributed by atoms with Crippen LogP contribution in [0.25, 0.3) is 22.2 Å². The number of hydrogen-bond acceptors (Lipinski definition) is 5. The van der Waals surface area contributed by atoms with E-state index in [1.165, 1.54) is 0 Å². The Morgan fingerprint density at radius 1 is 1.06 bits per heavy atom. The SMILES string of the molecule is Cc1cccc(-c2nc(C(C)C)no2)c1NC(=O)CCCOc1cccc2ccccc12. The highest BCUT2D eigenvalue weighted by atomic mass is 16.5. The van der Waals surface area contributed by atoms with Crippen molar-refractivity contribution >= 4 is 22.4 Å². The zero-order chi connectivity index (χ0) is 22.5. The lowest BCUT2D eigenvalue weighted by atomic mass is 10.1. The lowest BCUT2D eigenvalue weighted by Crippen LogP contribution is -2.14. The van der Waals surface area contributed by atoms with Gasteiger partial charge in [0.05, 0.1) is 17.9 Å². The van der Waals surface area contributed by atoms with Gasteiger partial charge < -0.3 is 14.6 Å². The highest BCUT2D eigenvalue weighted by molar-refractivity contribution is 5.95. The number of ether oxygens (including phenoxy) is 1. The maximum absolute atomic E-state index is 12.7. The van der Waals surface area contributed by atoms with E-state index < -0.39 is 0 Å². The van der Waals surface area contributed by atoms with Crippen LogP contribution in [0.5, 0.6) is 5.75 Å². The molecule has 0 aliphatic heterocycles. The smallest absolute Gasteiger partial charge is 0.260 e. The normalized spacial score (nSPS) is 11.1. The molecule has 1 amide bonds. The van der Waals surface area contributed by atoms with E-state index in [1.807, 2.05) is 69.3 Å². The van der Waals surface area contributed by atoms with Crippen molar-refractivity contribution in [2.24, 2.45) is 0 Å². The van der Waals surface area contributed by atoms with Crippen LogP contribution in [0.3, 0.4) is 0 Å². The van der Waals surface area contributed by atoms with Crippen LogP contribution in [0.1, 0.15) is 44.0 Å². The summed E-state index contributed by atoms with van der Waals surface area (Å²) in [5.74, 6) is 1.97. The van der Waals surface area contributed by atoms with Gasteiger partial charge in [-0.3, -0.25) is 4.79 Å². The summed E-state index contributed by atoms with van der Waals surface area (Å²) >= 11 is 0. The van der Waals surface area contributed by atoms with E-state index in [4.69, 9.17) is 9.26 Å². The van der Waals surface area contributed by atoms with Gasteiger partial charge in [-0.05, 0) is 36.4 Å². The van der Waals surface area contributed by atoms with E-state index >= 15 is 0 Å². The molecule has 1 N–H and O–H groups in total. The van der Waals surface area contributed by atoms with E-state index in [1.54, 1.807) is 0 Å². The van der Waals surface area contributed by atoms with Crippen molar-refractivity contribution in [1.82, 2.24) is 10.1 Å². The summed E-state index contributed by atoms with van der Waals surface area (Å²) in [6.45, 7) is 6.42. The number of aromatic nitrogens is 2. The second kappa shape index (κ2) is 9.64. The van der Waals surface area contributed by atoms with Crippen molar-refractivity contribution in [2.75, 3.05) is 11.9 Å². The van der Waals surface area contributed by atoms with Gasteiger partial charge in [0, 0.05) is 17.7 Å². The predicted molar refractivity (Wildman–Crippen MR) is 126 cm³/mol. The molecule has 0 saturated carbocycles. The van der Waals surface area contributed by atoms with E-state index in [0.717, 1.165) is 27.6 Å². The van der Waals surface area contributed by atoms with Crippen molar-refractivity contribution in [3.63, 3.8) is 0 Å². The molecule has 6 heteroatoms. The summed E-state index contributed by atoms with van der Waals surface area (Å²) < 4.78 is 11.4. The number of para-hydroxylation sites is 1. The molecule has 0 bridgehead atoms. The fourth-order valence-corrected chi connectivity index (χ4v) is 3.53. The Morgan fingerprint density at radius 3 is 2.66 bits per heavy atom. The number of nitrogens with zero attached hydrogens (tertiary/aromatic N) is 2. The van der Waals surface area contributed by atoms with Crippen LogP contribution < -0.4 is 10.1 Å². The van der Waals surface area contributed by atoms with Crippen molar-refractivity contribution in [3.8, 4) is 17.2 Å². The molecule has 0 fully saturated rings. The molecule has 0 radical (unpaired) electrons. The number of aryl methyl sites for hydroxylation is 1. The summed E-state index contributed by atoms with van der Waals surface area (Å²) in [5, 5.41) is 9.27. The van der Waals surface area contributed by atoms with Gasteiger partial charge in [0.1, 0.15) is 5.75 Å². The first-order valence-electron chi connectivity index (χ1n) is 10.9. The quantitative estimate of drug-likeness (QED) is 0.342. The van der Waals surface area contributed by atoms with Crippen LogP contribution >= 0.6 is 0 Å². The molecule has 32 heavy (non-hydrogen) atoms. The van der Waals surface area contributed by atoms with Gasteiger partial charge >= 0.3 is 0 Å². The minimum absolute atomic E-state index is 0.0781. The summed E-state index contributed by atoms with van der Waals surface area (Å²) in [7, 11) is 0. The number of carbonyl (C=O) groups excluding carboxylic acids is 1. The Balaban J connectivity index is 1.38. The Labute approximate surface area is 187 Å². The van der Waals surface area contributed by atoms with E-state index in [0.29, 0.717) is 36.9 Å². The number of anilines is 1. The third-order valence-corrected chi connectivity index (χ3v) is 5.28. The zero-order valence-corrected chi connectivity index (χ0v) is 18.6. The molecule has 4 rings (SSSR count). The zero-order valence-electron chi connectivity index (χ0n) is 18.6. The maximum Gasteiger partial charge on any atom is 0.260 e. The first-order chi connectivity index (χ1) is 15.5. The van der Waals surface area contributed by atoms with Crippen LogP contribution in [-0.4, -0.2) is 22.7 Å². The maximum atomic E-state index is 12.7. The molecule has 0 aliphatic rings. The lowest BCUT2D eigenvalue weighted by Gasteiger charge is -2.12. The molecular weight excluding hydrogens is 402 g/mol. The Bertz CT molecular complexity index is 1220. The summed E-state index contributed by atoms with van der Waals surface area (Å²) in [4.78, 5) is 17.1. The number of nitrogens with one attached hydrogen (secondary N) is 1. The highest BCUT2D eigenvalue weighted by Crippen LogP contribution is 2.31. The minimum atomic E-state index is -0.0781. The third-order valence-electron chi connectivity index (χ3n) is 5.28. The third kappa shape index (κ3) is 4.80. The average molecular weight is 430 g/mol. The fraction of sp³-hybridized carbons (Fsp3) is 0.269. The molecule has 1 heterocycles. The van der Waals surface area contributed by atoms with Crippen LogP contribution in [0, 0.1) is 6.92 Å². The average Bonchev–Trinajstić information content (AvgIpc) is 3.29. The second-order valence-corrected chi connectivity index (χ2v) is 8.09. The molecule has 0 aliphatic carbocycles. The molecule has 164 valence electrons. The minimum Gasteiger partial charge on any atom is -0.493 e. The number of hydrogen-bond donors (Lipinski definition) is 1. The first-order valence-corrected chi connectivity index (χ1v) is 10.9. The molecule has 1 aromatic heterocycles. The number of amides is 1. The molecule has 6 nitrogen and oxygen atoms in total. The van der Waals surface area contributed by atoms with Gasteiger partial charge in [0.2, 0.25) is 5.91 Å². The standard InChI is InChI=1S/C26H27N3O3/c1-17(2)25-28-26(32-29-25)21-13-6-9-18(3)24(21)27-23(30)15-8-16-31-22-14-7-11-19-10-4-5-12-20(19)22/h4-7,9-14,17H,8,15-16H2,1-3H3,(H,27,30). The van der Waals surface area contributed by atoms with Gasteiger partial charge in [-0.2, -0.15) is 4.98 Å². The molecule has 0 saturated heterocycles. The number of fused-ring (bicyclic) bond motifs is 1. The summed E-state index contributed by atoms with van der Waals surface area (Å²) in [6.07, 6.45) is 0.952. The van der Waals surface area contributed by atoms with Crippen LogP contribution in [0.15, 0.2) is 65.2 Å². The molecule has 3 aromatic carbocycles. The van der Waals surface area contributed by atoms with Crippen LogP contribution in [0.2, 0.25) is 0 Å². The second-order valence-electron chi connectivity index (χ2n) is 8.09. The van der Waals surface area contributed by atoms with Crippen molar-refractivity contribution in [2.45, 2.75) is 39.5 Å². The van der Waals surface area contributed by atoms with E-state index in [9.17, 15) is 4.79 Å². The first kappa shape index (κ1) is 21.6. The van der Waals surface area contributed by atoms with Crippen molar-refractivity contribution in [3.05, 3.63) is 72.1 Å². The Morgan fingerprint density at radius 2 is 1.84 bits per heavy atom. The predicted octanol–water partition coefficient (Wildman–Crippen LogP) is 6.12. The molecule has 4 aromatic rings. The lowest BCUT2D eigenvalue weighted by molar-refractivity contribution is -0.116. The van der Waals surface area contributed by atoms with Gasteiger partial charge in [-0.15, -0.1) is 0 Å². The van der Waals surface area contributed by atoms with Crippen molar-refractivity contribution < 1.29 is 14.1 Å². The van der Waals surface area contributed by atoms with E-state index in [2.05, 4.69) is 27.6 Å². The van der Waals surface area contributed by atoms with Crippen LogP contribution in [-0.2, 0) is 4.79 Å². The number of benzene rings is 3. The molecule has 0 spiro atoms. The highest BCUT2D eigenvalue weighted by Gasteiger charge is 2.17. The Kier molecular flexibility index (Phi) is 6.50. The summed E-state index contributed by atoms with van der Waals surface area (Å²) in [5.41, 5.74) is 2.36. The molecule has 0 unspecified atom stereocenters.